The molecule has 1 amide bonds. The molecule has 1 aliphatic rings. The zero-order valence-corrected chi connectivity index (χ0v) is 15.6. The molecule has 3 aromatic rings. The molecule has 0 bridgehead atoms. The first-order valence-corrected chi connectivity index (χ1v) is 9.11. The molecule has 3 heterocycles. The maximum absolute atomic E-state index is 13.4. The highest BCUT2D eigenvalue weighted by Crippen LogP contribution is 2.29. The van der Waals surface area contributed by atoms with Crippen LogP contribution in [0.1, 0.15) is 16.1 Å². The highest BCUT2D eigenvalue weighted by molar-refractivity contribution is 5.92. The first-order chi connectivity index (χ1) is 14.3. The second kappa shape index (κ2) is 7.77. The lowest BCUT2D eigenvalue weighted by atomic mass is 10.1. The van der Waals surface area contributed by atoms with E-state index in [1.54, 1.807) is 11.0 Å². The van der Waals surface area contributed by atoms with Crippen LogP contribution in [0.15, 0.2) is 53.2 Å². The first kappa shape index (κ1) is 19.9. The van der Waals surface area contributed by atoms with Gasteiger partial charge in [-0.15, -0.1) is 0 Å². The van der Waals surface area contributed by atoms with Crippen LogP contribution in [-0.4, -0.2) is 47.1 Å². The molecule has 156 valence electrons. The molecule has 0 spiro atoms. The first-order valence-electron chi connectivity index (χ1n) is 9.11. The summed E-state index contributed by atoms with van der Waals surface area (Å²) in [6.07, 6.45) is -3.63. The van der Waals surface area contributed by atoms with Crippen LogP contribution in [0.4, 0.5) is 23.4 Å². The minimum atomic E-state index is -4.43. The summed E-state index contributed by atoms with van der Waals surface area (Å²) in [6, 6.07) is 9.56. The molecule has 1 aliphatic heterocycles. The third-order valence-electron chi connectivity index (χ3n) is 4.81. The molecular weight excluding hydrogens is 404 g/mol. The van der Waals surface area contributed by atoms with Crippen molar-refractivity contribution in [3.8, 4) is 11.3 Å². The summed E-state index contributed by atoms with van der Waals surface area (Å²) >= 11 is 0. The molecule has 2 aromatic heterocycles. The smallest absolute Gasteiger partial charge is 0.353 e. The van der Waals surface area contributed by atoms with Gasteiger partial charge < -0.3 is 14.3 Å². The van der Waals surface area contributed by atoms with Crippen molar-refractivity contribution in [1.29, 1.82) is 0 Å². The number of anilines is 1. The van der Waals surface area contributed by atoms with Gasteiger partial charge in [-0.1, -0.05) is 17.3 Å². The number of carbonyl (C=O) groups is 1. The van der Waals surface area contributed by atoms with Crippen molar-refractivity contribution in [2.45, 2.75) is 6.18 Å². The van der Waals surface area contributed by atoms with Crippen LogP contribution in [0.3, 0.4) is 0 Å². The summed E-state index contributed by atoms with van der Waals surface area (Å²) in [4.78, 5) is 19.9. The SMILES string of the molecule is O=C(c1cc(-c2cccc(F)c2)no1)N1CCN(c2ccc(C(F)(F)F)cn2)CC1. The minimum Gasteiger partial charge on any atom is -0.353 e. The van der Waals surface area contributed by atoms with Crippen molar-refractivity contribution in [2.75, 3.05) is 31.1 Å². The lowest BCUT2D eigenvalue weighted by Gasteiger charge is -2.34. The fraction of sp³-hybridized carbons (Fsp3) is 0.250. The quantitative estimate of drug-likeness (QED) is 0.603. The van der Waals surface area contributed by atoms with Gasteiger partial charge in [-0.05, 0) is 24.3 Å². The van der Waals surface area contributed by atoms with Crippen molar-refractivity contribution in [1.82, 2.24) is 15.0 Å². The molecule has 0 N–H and O–H groups in total. The van der Waals surface area contributed by atoms with Gasteiger partial charge in [0.25, 0.3) is 5.91 Å². The summed E-state index contributed by atoms with van der Waals surface area (Å²) in [7, 11) is 0. The molecule has 1 aromatic carbocycles. The molecule has 0 aliphatic carbocycles. The number of pyridine rings is 1. The van der Waals surface area contributed by atoms with Gasteiger partial charge in [-0.2, -0.15) is 13.2 Å². The van der Waals surface area contributed by atoms with Crippen molar-refractivity contribution in [2.24, 2.45) is 0 Å². The number of benzene rings is 1. The molecule has 4 rings (SSSR count). The lowest BCUT2D eigenvalue weighted by Crippen LogP contribution is -2.49. The topological polar surface area (TPSA) is 62.5 Å². The van der Waals surface area contributed by atoms with E-state index in [0.29, 0.717) is 43.3 Å². The number of alkyl halides is 3. The Morgan fingerprint density at radius 3 is 2.43 bits per heavy atom. The maximum atomic E-state index is 13.4. The fourth-order valence-corrected chi connectivity index (χ4v) is 3.20. The van der Waals surface area contributed by atoms with Gasteiger partial charge in [-0.3, -0.25) is 4.79 Å². The van der Waals surface area contributed by atoms with Crippen molar-refractivity contribution < 1.29 is 26.9 Å². The Morgan fingerprint density at radius 2 is 1.80 bits per heavy atom. The van der Waals surface area contributed by atoms with Gasteiger partial charge in [0.15, 0.2) is 0 Å². The van der Waals surface area contributed by atoms with Gasteiger partial charge >= 0.3 is 6.18 Å². The Morgan fingerprint density at radius 1 is 1.03 bits per heavy atom. The molecule has 10 heteroatoms. The Hall–Kier alpha value is -3.43. The van der Waals surface area contributed by atoms with E-state index in [0.717, 1.165) is 12.3 Å². The Kier molecular flexibility index (Phi) is 5.15. The Labute approximate surface area is 168 Å². The Bertz CT molecular complexity index is 1040. The second-order valence-electron chi connectivity index (χ2n) is 6.77. The lowest BCUT2D eigenvalue weighted by molar-refractivity contribution is -0.137. The molecular formula is C20H16F4N4O2. The maximum Gasteiger partial charge on any atom is 0.417 e. The number of carbonyl (C=O) groups excluding carboxylic acids is 1. The number of nitrogens with zero attached hydrogens (tertiary/aromatic N) is 4. The summed E-state index contributed by atoms with van der Waals surface area (Å²) in [6.45, 7) is 1.51. The number of piperazine rings is 1. The van der Waals surface area contributed by atoms with Crippen LogP contribution in [0.5, 0.6) is 0 Å². The monoisotopic (exact) mass is 420 g/mol. The molecule has 30 heavy (non-hydrogen) atoms. The summed E-state index contributed by atoms with van der Waals surface area (Å²) in [5.74, 6) is -0.319. The summed E-state index contributed by atoms with van der Waals surface area (Å²) < 4.78 is 56.5. The van der Waals surface area contributed by atoms with E-state index in [1.165, 1.54) is 30.3 Å². The molecule has 0 atom stereocenters. The normalized spacial score (nSPS) is 14.8. The molecule has 1 saturated heterocycles. The van der Waals surface area contributed by atoms with Gasteiger partial charge in [-0.25, -0.2) is 9.37 Å². The largest absolute Gasteiger partial charge is 0.417 e. The number of amides is 1. The molecule has 6 nitrogen and oxygen atoms in total. The summed E-state index contributed by atoms with van der Waals surface area (Å²) in [5, 5.41) is 3.83. The van der Waals surface area contributed by atoms with Gasteiger partial charge in [0.05, 0.1) is 5.56 Å². The van der Waals surface area contributed by atoms with Crippen molar-refractivity contribution >= 4 is 11.7 Å². The molecule has 1 fully saturated rings. The van der Waals surface area contributed by atoms with Crippen LogP contribution in [0.2, 0.25) is 0 Å². The average molecular weight is 420 g/mol. The number of hydrogen-bond donors (Lipinski definition) is 0. The summed E-state index contributed by atoms with van der Waals surface area (Å²) in [5.41, 5.74) is 0.0425. The van der Waals surface area contributed by atoms with Crippen LogP contribution >= 0.6 is 0 Å². The number of hydrogen-bond acceptors (Lipinski definition) is 5. The average Bonchev–Trinajstić information content (AvgIpc) is 3.23. The molecule has 0 saturated carbocycles. The third kappa shape index (κ3) is 4.12. The van der Waals surface area contributed by atoms with E-state index in [2.05, 4.69) is 10.1 Å². The van der Waals surface area contributed by atoms with E-state index >= 15 is 0 Å². The predicted octanol–water partition coefficient (Wildman–Crippen LogP) is 3.86. The van der Waals surface area contributed by atoms with E-state index in [4.69, 9.17) is 4.52 Å². The number of rotatable bonds is 3. The predicted molar refractivity (Wildman–Crippen MR) is 99.3 cm³/mol. The zero-order chi connectivity index (χ0) is 21.3. The molecule has 0 radical (unpaired) electrons. The third-order valence-corrected chi connectivity index (χ3v) is 4.81. The second-order valence-corrected chi connectivity index (χ2v) is 6.77. The van der Waals surface area contributed by atoms with Crippen molar-refractivity contribution in [3.05, 3.63) is 65.8 Å². The zero-order valence-electron chi connectivity index (χ0n) is 15.6. The van der Waals surface area contributed by atoms with Crippen LogP contribution in [-0.2, 0) is 6.18 Å². The highest BCUT2D eigenvalue weighted by Gasteiger charge is 2.31. The van der Waals surface area contributed by atoms with Crippen LogP contribution in [0, 0.1) is 5.82 Å². The van der Waals surface area contributed by atoms with E-state index < -0.39 is 17.6 Å². The van der Waals surface area contributed by atoms with E-state index in [1.807, 2.05) is 4.90 Å². The standard InChI is InChI=1S/C20H16F4N4O2/c21-15-3-1-2-13(10-15)16-11-17(30-26-16)19(29)28-8-6-27(7-9-28)18-5-4-14(12-25-18)20(22,23)24/h1-5,10-12H,6-9H2. The van der Waals surface area contributed by atoms with Crippen LogP contribution < -0.4 is 4.90 Å². The highest BCUT2D eigenvalue weighted by atomic mass is 19.4. The van der Waals surface area contributed by atoms with E-state index in [-0.39, 0.29) is 11.7 Å². The number of aromatic nitrogens is 2. The van der Waals surface area contributed by atoms with E-state index in [9.17, 15) is 22.4 Å². The van der Waals surface area contributed by atoms with Crippen LogP contribution in [0.25, 0.3) is 11.3 Å². The Balaban J connectivity index is 1.39. The molecule has 0 unspecified atom stereocenters. The van der Waals surface area contributed by atoms with Crippen molar-refractivity contribution in [3.63, 3.8) is 0 Å². The van der Waals surface area contributed by atoms with Gasteiger partial charge in [0, 0.05) is 44.0 Å². The fourth-order valence-electron chi connectivity index (χ4n) is 3.20. The number of halogens is 4. The van der Waals surface area contributed by atoms with Gasteiger partial charge in [0.2, 0.25) is 5.76 Å². The minimum absolute atomic E-state index is 0.0374. The van der Waals surface area contributed by atoms with Gasteiger partial charge in [0.1, 0.15) is 17.3 Å².